The van der Waals surface area contributed by atoms with Crippen LogP contribution in [0.4, 0.5) is 18.9 Å². The fourth-order valence-electron chi connectivity index (χ4n) is 2.16. The highest BCUT2D eigenvalue weighted by atomic mass is 19.4. The van der Waals surface area contributed by atoms with Crippen molar-refractivity contribution in [2.45, 2.75) is 39.0 Å². The number of alkyl halides is 3. The highest BCUT2D eigenvalue weighted by molar-refractivity contribution is 5.61. The third-order valence-corrected chi connectivity index (χ3v) is 3.00. The summed E-state index contributed by atoms with van der Waals surface area (Å²) in [5, 5.41) is 0. The zero-order valence-electron chi connectivity index (χ0n) is 12.2. The smallest absolute Gasteiger partial charge is 0.405 e. The fourth-order valence-corrected chi connectivity index (χ4v) is 2.16. The number of benzene rings is 1. The largest absolute Gasteiger partial charge is 0.496 e. The zero-order chi connectivity index (χ0) is 15.5. The Hall–Kier alpha value is -1.43. The Bertz CT molecular complexity index is 445. The quantitative estimate of drug-likeness (QED) is 0.902. The van der Waals surface area contributed by atoms with Crippen LogP contribution in [0, 0.1) is 0 Å². The molecule has 0 bridgehead atoms. The van der Waals surface area contributed by atoms with Gasteiger partial charge in [-0.15, -0.1) is 0 Å². The summed E-state index contributed by atoms with van der Waals surface area (Å²) < 4.78 is 43.5. The molecular weight excluding hydrogens is 269 g/mol. The van der Waals surface area contributed by atoms with Crippen LogP contribution in [0.3, 0.4) is 0 Å². The first-order chi connectivity index (χ1) is 9.17. The van der Waals surface area contributed by atoms with Gasteiger partial charge in [0.05, 0.1) is 7.11 Å². The molecule has 114 valence electrons. The molecule has 1 atom stereocenters. The minimum atomic E-state index is -4.28. The first-order valence-electron chi connectivity index (χ1n) is 6.43. The van der Waals surface area contributed by atoms with Crippen molar-refractivity contribution in [1.82, 2.24) is 0 Å². The lowest BCUT2D eigenvalue weighted by atomic mass is 10.0. The maximum Gasteiger partial charge on any atom is 0.405 e. The van der Waals surface area contributed by atoms with E-state index in [0.717, 1.165) is 0 Å². The number of rotatable bonds is 5. The molecule has 1 rings (SSSR count). The predicted molar refractivity (Wildman–Crippen MR) is 74.1 cm³/mol. The predicted octanol–water partition coefficient (Wildman–Crippen LogP) is 3.49. The summed E-state index contributed by atoms with van der Waals surface area (Å²) in [7, 11) is 1.48. The van der Waals surface area contributed by atoms with Crippen molar-refractivity contribution >= 4 is 5.69 Å². The number of hydrogen-bond acceptors (Lipinski definition) is 3. The molecule has 0 aliphatic heterocycles. The molecule has 1 aromatic carbocycles. The van der Waals surface area contributed by atoms with Gasteiger partial charge < -0.3 is 15.4 Å². The molecule has 0 spiro atoms. The summed E-state index contributed by atoms with van der Waals surface area (Å²) in [5.41, 5.74) is 6.96. The van der Waals surface area contributed by atoms with E-state index in [-0.39, 0.29) is 6.04 Å². The number of ether oxygens (including phenoxy) is 1. The Morgan fingerprint density at radius 2 is 1.85 bits per heavy atom. The SMILES string of the molecule is COc1cccc(N(CC(F)(F)F)C(C)C)c1[C@@H](C)N. The summed E-state index contributed by atoms with van der Waals surface area (Å²) in [6, 6.07) is 4.30. The van der Waals surface area contributed by atoms with E-state index >= 15 is 0 Å². The first-order valence-corrected chi connectivity index (χ1v) is 6.43. The molecule has 0 heterocycles. The van der Waals surface area contributed by atoms with Gasteiger partial charge in [0.25, 0.3) is 0 Å². The minimum absolute atomic E-state index is 0.304. The summed E-state index contributed by atoms with van der Waals surface area (Å²) in [5.74, 6) is 0.505. The lowest BCUT2D eigenvalue weighted by Crippen LogP contribution is -2.40. The maximum absolute atomic E-state index is 12.8. The third kappa shape index (κ3) is 4.03. The molecule has 0 aliphatic rings. The lowest BCUT2D eigenvalue weighted by molar-refractivity contribution is -0.120. The average molecular weight is 290 g/mol. The number of halogens is 3. The molecule has 20 heavy (non-hydrogen) atoms. The molecule has 0 unspecified atom stereocenters. The van der Waals surface area contributed by atoms with Gasteiger partial charge in [0.2, 0.25) is 0 Å². The molecule has 0 radical (unpaired) electrons. The van der Waals surface area contributed by atoms with Crippen molar-refractivity contribution < 1.29 is 17.9 Å². The van der Waals surface area contributed by atoms with E-state index in [0.29, 0.717) is 17.0 Å². The van der Waals surface area contributed by atoms with E-state index in [2.05, 4.69) is 0 Å². The summed E-state index contributed by atoms with van der Waals surface area (Å²) in [4.78, 5) is 1.29. The average Bonchev–Trinajstić information content (AvgIpc) is 2.33. The molecule has 0 fully saturated rings. The Morgan fingerprint density at radius 3 is 2.25 bits per heavy atom. The number of hydrogen-bond donors (Lipinski definition) is 1. The standard InChI is InChI=1S/C14H21F3N2O/c1-9(2)19(8-14(15,16)17)11-6-5-7-12(20-4)13(11)10(3)18/h5-7,9-10H,8,18H2,1-4H3/t10-/m1/s1. The molecule has 0 aromatic heterocycles. The second kappa shape index (κ2) is 6.35. The van der Waals surface area contributed by atoms with Crippen molar-refractivity contribution in [2.75, 3.05) is 18.6 Å². The Balaban J connectivity index is 3.33. The highest BCUT2D eigenvalue weighted by Gasteiger charge is 2.33. The molecule has 6 heteroatoms. The van der Waals surface area contributed by atoms with Gasteiger partial charge in [0.1, 0.15) is 12.3 Å². The topological polar surface area (TPSA) is 38.5 Å². The van der Waals surface area contributed by atoms with Gasteiger partial charge in [-0.1, -0.05) is 6.07 Å². The van der Waals surface area contributed by atoms with Crippen LogP contribution in [-0.4, -0.2) is 25.9 Å². The molecule has 3 nitrogen and oxygen atoms in total. The minimum Gasteiger partial charge on any atom is -0.496 e. The molecule has 0 amide bonds. The van der Waals surface area contributed by atoms with E-state index < -0.39 is 18.8 Å². The van der Waals surface area contributed by atoms with Crippen LogP contribution in [0.25, 0.3) is 0 Å². The Labute approximate surface area is 117 Å². The molecule has 2 N–H and O–H groups in total. The normalized spacial score (nSPS) is 13.4. The Kier molecular flexibility index (Phi) is 5.28. The van der Waals surface area contributed by atoms with Crippen LogP contribution in [0.2, 0.25) is 0 Å². The van der Waals surface area contributed by atoms with Crippen LogP contribution in [-0.2, 0) is 0 Å². The van der Waals surface area contributed by atoms with Crippen molar-refractivity contribution in [3.63, 3.8) is 0 Å². The maximum atomic E-state index is 12.8. The van der Waals surface area contributed by atoms with Crippen LogP contribution >= 0.6 is 0 Å². The van der Waals surface area contributed by atoms with Crippen molar-refractivity contribution in [1.29, 1.82) is 0 Å². The van der Waals surface area contributed by atoms with Gasteiger partial charge in [-0.05, 0) is 32.9 Å². The van der Waals surface area contributed by atoms with E-state index in [1.807, 2.05) is 0 Å². The van der Waals surface area contributed by atoms with Crippen molar-refractivity contribution in [3.8, 4) is 5.75 Å². The van der Waals surface area contributed by atoms with E-state index in [1.165, 1.54) is 12.0 Å². The van der Waals surface area contributed by atoms with Crippen LogP contribution < -0.4 is 15.4 Å². The summed E-state index contributed by atoms with van der Waals surface area (Å²) in [6.07, 6.45) is -4.28. The van der Waals surface area contributed by atoms with E-state index in [4.69, 9.17) is 10.5 Å². The second-order valence-electron chi connectivity index (χ2n) is 5.02. The van der Waals surface area contributed by atoms with E-state index in [1.54, 1.807) is 39.0 Å². The number of methoxy groups -OCH3 is 1. The molecule has 0 saturated carbocycles. The van der Waals surface area contributed by atoms with Gasteiger partial charge in [0.15, 0.2) is 0 Å². The van der Waals surface area contributed by atoms with Gasteiger partial charge >= 0.3 is 6.18 Å². The Morgan fingerprint density at radius 1 is 1.25 bits per heavy atom. The number of nitrogens with two attached hydrogens (primary N) is 1. The van der Waals surface area contributed by atoms with Crippen molar-refractivity contribution in [3.05, 3.63) is 23.8 Å². The van der Waals surface area contributed by atoms with Crippen molar-refractivity contribution in [2.24, 2.45) is 5.73 Å². The van der Waals surface area contributed by atoms with Gasteiger partial charge in [0, 0.05) is 23.3 Å². The molecule has 0 aliphatic carbocycles. The first kappa shape index (κ1) is 16.6. The molecule has 1 aromatic rings. The third-order valence-electron chi connectivity index (χ3n) is 3.00. The highest BCUT2D eigenvalue weighted by Crippen LogP contribution is 2.35. The molecular formula is C14H21F3N2O. The van der Waals surface area contributed by atoms with Crippen LogP contribution in [0.1, 0.15) is 32.4 Å². The summed E-state index contributed by atoms with van der Waals surface area (Å²) >= 11 is 0. The van der Waals surface area contributed by atoms with Gasteiger partial charge in [-0.3, -0.25) is 0 Å². The number of nitrogens with zero attached hydrogens (tertiary/aromatic N) is 1. The van der Waals surface area contributed by atoms with E-state index in [9.17, 15) is 13.2 Å². The summed E-state index contributed by atoms with van der Waals surface area (Å²) in [6.45, 7) is 4.15. The fraction of sp³-hybridized carbons (Fsp3) is 0.571. The van der Waals surface area contributed by atoms with Crippen LogP contribution in [0.15, 0.2) is 18.2 Å². The number of anilines is 1. The molecule has 0 saturated heterocycles. The monoisotopic (exact) mass is 290 g/mol. The zero-order valence-corrected chi connectivity index (χ0v) is 12.2. The lowest BCUT2D eigenvalue weighted by Gasteiger charge is -2.33. The van der Waals surface area contributed by atoms with Gasteiger partial charge in [-0.25, -0.2) is 0 Å². The second-order valence-corrected chi connectivity index (χ2v) is 5.02. The van der Waals surface area contributed by atoms with Gasteiger partial charge in [-0.2, -0.15) is 13.2 Å². The van der Waals surface area contributed by atoms with Crippen LogP contribution in [0.5, 0.6) is 5.75 Å².